The zero-order chi connectivity index (χ0) is 22.1. The number of nitrogens with zero attached hydrogens (tertiary/aromatic N) is 2. The van der Waals surface area contributed by atoms with Crippen molar-refractivity contribution in [2.45, 2.75) is 11.8 Å². The minimum atomic E-state index is -3.60. The number of halogens is 1. The van der Waals surface area contributed by atoms with Gasteiger partial charge in [-0.25, -0.2) is 13.1 Å². The van der Waals surface area contributed by atoms with Crippen LogP contribution in [0.2, 0.25) is 5.02 Å². The number of hydrogen-bond acceptors (Lipinski definition) is 5. The first-order valence-corrected chi connectivity index (χ1v) is 11.2. The maximum Gasteiger partial charge on any atom is 0.295 e. The second kappa shape index (κ2) is 8.37. The lowest BCUT2D eigenvalue weighted by Crippen LogP contribution is -2.26. The van der Waals surface area contributed by atoms with Crippen molar-refractivity contribution < 1.29 is 13.2 Å². The van der Waals surface area contributed by atoms with Gasteiger partial charge in [-0.15, -0.1) is 0 Å². The number of hydrogen-bond donors (Lipinski definition) is 2. The van der Waals surface area contributed by atoms with Gasteiger partial charge in [-0.3, -0.25) is 14.3 Å². The van der Waals surface area contributed by atoms with E-state index in [9.17, 15) is 18.0 Å². The third kappa shape index (κ3) is 4.27. The monoisotopic (exact) mass is 448 g/mol. The molecule has 1 heterocycles. The summed E-state index contributed by atoms with van der Waals surface area (Å²) in [4.78, 5) is 25.3. The number of anilines is 2. The van der Waals surface area contributed by atoms with Gasteiger partial charge in [-0.1, -0.05) is 35.9 Å². The second-order valence-corrected chi connectivity index (χ2v) is 9.09. The summed E-state index contributed by atoms with van der Waals surface area (Å²) in [5.74, 6) is -0.500. The lowest BCUT2D eigenvalue weighted by molar-refractivity contribution is -0.114. The second-order valence-electron chi connectivity index (χ2n) is 6.73. The molecule has 0 fully saturated rings. The third-order valence-electron chi connectivity index (χ3n) is 4.60. The first kappa shape index (κ1) is 21.7. The van der Waals surface area contributed by atoms with E-state index in [0.717, 1.165) is 6.26 Å². The van der Waals surface area contributed by atoms with Crippen molar-refractivity contribution in [1.82, 2.24) is 9.36 Å². The summed E-state index contributed by atoms with van der Waals surface area (Å²) < 4.78 is 27.1. The maximum absolute atomic E-state index is 12.9. The highest BCUT2D eigenvalue weighted by atomic mass is 35.5. The molecule has 0 spiro atoms. The van der Waals surface area contributed by atoms with Gasteiger partial charge in [0.25, 0.3) is 5.56 Å². The molecule has 0 saturated carbocycles. The number of carbonyl (C=O) groups is 1. The van der Waals surface area contributed by atoms with E-state index in [4.69, 9.17) is 11.6 Å². The summed E-state index contributed by atoms with van der Waals surface area (Å²) in [6, 6.07) is 13.6. The molecule has 3 aromatic rings. The van der Waals surface area contributed by atoms with Crippen LogP contribution in [0.1, 0.15) is 5.69 Å². The molecule has 0 aliphatic heterocycles. The van der Waals surface area contributed by atoms with Crippen molar-refractivity contribution >= 4 is 38.7 Å². The summed E-state index contributed by atoms with van der Waals surface area (Å²) in [5, 5.41) is 5.46. The fraction of sp³-hybridized carbons (Fsp3) is 0.200. The van der Waals surface area contributed by atoms with Crippen LogP contribution in [0.5, 0.6) is 0 Å². The summed E-state index contributed by atoms with van der Waals surface area (Å²) in [6.45, 7) is 1.48. The van der Waals surface area contributed by atoms with Crippen LogP contribution in [0.15, 0.2) is 58.2 Å². The van der Waals surface area contributed by atoms with Crippen molar-refractivity contribution in [2.24, 2.45) is 7.05 Å². The molecule has 3 rings (SSSR count). The number of nitrogens with one attached hydrogen (secondary N) is 2. The molecular weight excluding hydrogens is 428 g/mol. The summed E-state index contributed by atoms with van der Waals surface area (Å²) in [5.41, 5.74) is 1.25. The molecule has 10 heteroatoms. The highest BCUT2D eigenvalue weighted by Gasteiger charge is 2.20. The number of sulfone groups is 1. The highest BCUT2D eigenvalue weighted by molar-refractivity contribution is 7.91. The molecule has 1 aromatic heterocycles. The van der Waals surface area contributed by atoms with E-state index in [0.29, 0.717) is 11.4 Å². The van der Waals surface area contributed by atoms with E-state index >= 15 is 0 Å². The van der Waals surface area contributed by atoms with Gasteiger partial charge < -0.3 is 10.6 Å². The number of rotatable bonds is 6. The predicted octanol–water partition coefficient (Wildman–Crippen LogP) is 2.59. The predicted molar refractivity (Wildman–Crippen MR) is 117 cm³/mol. The first-order chi connectivity index (χ1) is 14.1. The normalized spacial score (nSPS) is 11.3. The van der Waals surface area contributed by atoms with Gasteiger partial charge in [0, 0.05) is 13.3 Å². The number of carbonyl (C=O) groups excluding carboxylic acids is 1. The molecule has 0 aliphatic rings. The van der Waals surface area contributed by atoms with Crippen LogP contribution in [0, 0.1) is 6.92 Å². The van der Waals surface area contributed by atoms with Gasteiger partial charge in [-0.2, -0.15) is 0 Å². The zero-order valence-corrected chi connectivity index (χ0v) is 18.2. The van der Waals surface area contributed by atoms with E-state index in [2.05, 4.69) is 10.6 Å². The minimum absolute atomic E-state index is 0.0626. The molecule has 158 valence electrons. The molecule has 0 bridgehead atoms. The number of aromatic nitrogens is 2. The van der Waals surface area contributed by atoms with Crippen LogP contribution in [0.4, 0.5) is 11.4 Å². The third-order valence-corrected chi connectivity index (χ3v) is 6.20. The van der Waals surface area contributed by atoms with Gasteiger partial charge in [-0.05, 0) is 31.2 Å². The van der Waals surface area contributed by atoms with Gasteiger partial charge in [0.1, 0.15) is 10.6 Å². The molecule has 8 nitrogen and oxygen atoms in total. The van der Waals surface area contributed by atoms with E-state index in [-0.39, 0.29) is 33.4 Å². The fourth-order valence-corrected chi connectivity index (χ4v) is 4.65. The Bertz CT molecular complexity index is 1260. The largest absolute Gasteiger partial charge is 0.375 e. The zero-order valence-electron chi connectivity index (χ0n) is 16.6. The van der Waals surface area contributed by atoms with Crippen LogP contribution < -0.4 is 16.2 Å². The van der Waals surface area contributed by atoms with Gasteiger partial charge in [0.05, 0.1) is 28.6 Å². The van der Waals surface area contributed by atoms with Crippen molar-refractivity contribution in [3.05, 3.63) is 69.6 Å². The Morgan fingerprint density at radius 1 is 1.10 bits per heavy atom. The van der Waals surface area contributed by atoms with Crippen molar-refractivity contribution in [2.75, 3.05) is 23.4 Å². The lowest BCUT2D eigenvalue weighted by atomic mass is 10.3. The van der Waals surface area contributed by atoms with Crippen LogP contribution in [-0.2, 0) is 21.7 Å². The Balaban J connectivity index is 1.83. The van der Waals surface area contributed by atoms with E-state index < -0.39 is 15.7 Å². The van der Waals surface area contributed by atoms with Crippen LogP contribution in [-0.4, -0.2) is 36.5 Å². The maximum atomic E-state index is 12.9. The Morgan fingerprint density at radius 3 is 2.40 bits per heavy atom. The Labute approximate surface area is 179 Å². The van der Waals surface area contributed by atoms with Crippen molar-refractivity contribution in [3.8, 4) is 5.69 Å². The molecule has 0 aliphatic carbocycles. The summed E-state index contributed by atoms with van der Waals surface area (Å²) >= 11 is 6.01. The highest BCUT2D eigenvalue weighted by Crippen LogP contribution is 2.29. The van der Waals surface area contributed by atoms with Crippen molar-refractivity contribution in [1.29, 1.82) is 0 Å². The average molecular weight is 449 g/mol. The van der Waals surface area contributed by atoms with Gasteiger partial charge >= 0.3 is 0 Å². The van der Waals surface area contributed by atoms with E-state index in [1.54, 1.807) is 36.9 Å². The summed E-state index contributed by atoms with van der Waals surface area (Å²) in [6.07, 6.45) is 1.04. The lowest BCUT2D eigenvalue weighted by Gasteiger charge is -2.12. The molecule has 2 N–H and O–H groups in total. The molecule has 1 amide bonds. The molecular formula is C20H21ClN4O4S. The Kier molecular flexibility index (Phi) is 6.04. The molecule has 2 aromatic carbocycles. The van der Waals surface area contributed by atoms with Crippen LogP contribution in [0.25, 0.3) is 5.69 Å². The molecule has 30 heavy (non-hydrogen) atoms. The summed E-state index contributed by atoms with van der Waals surface area (Å²) in [7, 11) is -1.88. The quantitative estimate of drug-likeness (QED) is 0.603. The first-order valence-electron chi connectivity index (χ1n) is 8.97. The van der Waals surface area contributed by atoms with Crippen LogP contribution >= 0.6 is 11.6 Å². The number of para-hydroxylation sites is 1. The standard InChI is InChI=1S/C20H21ClN4O4S/c1-13-18(20(27)25(24(13)2)14-8-5-4-6-9-14)23-17(26)12-22-16-11-7-10-15(21)19(16)30(3,28)29/h4-11,22H,12H2,1-3H3,(H,23,26). The Hall–Kier alpha value is -3.04. The van der Waals surface area contributed by atoms with Crippen LogP contribution in [0.3, 0.4) is 0 Å². The SMILES string of the molecule is Cc1c(NC(=O)CNc2cccc(Cl)c2S(C)(=O)=O)c(=O)n(-c2ccccc2)n1C. The smallest absolute Gasteiger partial charge is 0.295 e. The minimum Gasteiger partial charge on any atom is -0.375 e. The van der Waals surface area contributed by atoms with E-state index in [1.807, 2.05) is 18.2 Å². The fourth-order valence-electron chi connectivity index (χ4n) is 3.10. The van der Waals surface area contributed by atoms with Crippen molar-refractivity contribution in [3.63, 3.8) is 0 Å². The van der Waals surface area contributed by atoms with Gasteiger partial charge in [0.2, 0.25) is 5.91 Å². The number of amides is 1. The number of benzene rings is 2. The molecule has 0 unspecified atom stereocenters. The molecule has 0 atom stereocenters. The van der Waals surface area contributed by atoms with E-state index in [1.165, 1.54) is 16.8 Å². The Morgan fingerprint density at radius 2 is 1.77 bits per heavy atom. The topological polar surface area (TPSA) is 102 Å². The molecule has 0 saturated heterocycles. The molecule has 0 radical (unpaired) electrons. The van der Waals surface area contributed by atoms with Gasteiger partial charge in [0.15, 0.2) is 9.84 Å². The average Bonchev–Trinajstić information content (AvgIpc) is 2.89.